The second kappa shape index (κ2) is 8.98. The van der Waals surface area contributed by atoms with E-state index in [4.69, 9.17) is 27.9 Å². The van der Waals surface area contributed by atoms with E-state index in [1.165, 1.54) is 0 Å². The SMILES string of the molecule is Cc1ccc(C)c(NC(=O)OCCCNC(=O)[C@@H]2[C@H](C=C(Cl)Cl)C2(C)C)c1. The van der Waals surface area contributed by atoms with E-state index in [0.717, 1.165) is 16.8 Å². The number of carbonyl (C=O) groups is 2. The summed E-state index contributed by atoms with van der Waals surface area (Å²) < 4.78 is 5.35. The average Bonchev–Trinajstić information content (AvgIpc) is 3.10. The highest BCUT2D eigenvalue weighted by Gasteiger charge is 2.60. The molecule has 0 aromatic heterocycles. The lowest BCUT2D eigenvalue weighted by Gasteiger charge is -2.10. The number of nitrogens with one attached hydrogen (secondary N) is 2. The first-order chi connectivity index (χ1) is 12.6. The minimum atomic E-state index is -0.500. The third-order valence-electron chi connectivity index (χ3n) is 4.98. The molecule has 2 amide bonds. The number of aryl methyl sites for hydroxylation is 2. The zero-order valence-corrected chi connectivity index (χ0v) is 17.6. The number of hydrogen-bond donors (Lipinski definition) is 2. The molecule has 1 saturated carbocycles. The van der Waals surface area contributed by atoms with Gasteiger partial charge in [-0.05, 0) is 54.9 Å². The van der Waals surface area contributed by atoms with Crippen molar-refractivity contribution in [2.75, 3.05) is 18.5 Å². The van der Waals surface area contributed by atoms with Crippen LogP contribution < -0.4 is 10.6 Å². The van der Waals surface area contributed by atoms with Crippen LogP contribution >= 0.6 is 23.2 Å². The predicted molar refractivity (Wildman–Crippen MR) is 109 cm³/mol. The van der Waals surface area contributed by atoms with Crippen LogP contribution in [0.25, 0.3) is 0 Å². The summed E-state index contributed by atoms with van der Waals surface area (Å²) >= 11 is 11.4. The Bertz CT molecular complexity index is 743. The number of ether oxygens (including phenoxy) is 1. The molecule has 148 valence electrons. The molecule has 27 heavy (non-hydrogen) atoms. The molecule has 7 heteroatoms. The molecule has 0 spiro atoms. The highest BCUT2D eigenvalue weighted by atomic mass is 35.5. The molecule has 2 N–H and O–H groups in total. The smallest absolute Gasteiger partial charge is 0.411 e. The minimum Gasteiger partial charge on any atom is -0.449 e. The topological polar surface area (TPSA) is 67.4 Å². The van der Waals surface area contributed by atoms with Crippen LogP contribution in [0.15, 0.2) is 28.8 Å². The maximum absolute atomic E-state index is 12.3. The van der Waals surface area contributed by atoms with Crippen molar-refractivity contribution >= 4 is 40.9 Å². The summed E-state index contributed by atoms with van der Waals surface area (Å²) in [6.07, 6.45) is 1.75. The molecule has 0 unspecified atom stereocenters. The van der Waals surface area contributed by atoms with E-state index in [2.05, 4.69) is 10.6 Å². The Balaban J connectivity index is 1.67. The number of halogens is 2. The first-order valence-corrected chi connectivity index (χ1v) is 9.70. The van der Waals surface area contributed by atoms with Gasteiger partial charge in [0.15, 0.2) is 0 Å². The summed E-state index contributed by atoms with van der Waals surface area (Å²) in [5.74, 6) is -0.128. The molecule has 1 aliphatic rings. The molecule has 0 bridgehead atoms. The average molecular weight is 413 g/mol. The van der Waals surface area contributed by atoms with Crippen LogP contribution in [-0.4, -0.2) is 25.2 Å². The highest BCUT2D eigenvalue weighted by molar-refractivity contribution is 6.55. The molecule has 0 aliphatic heterocycles. The molecule has 5 nitrogen and oxygen atoms in total. The Morgan fingerprint density at radius 3 is 2.63 bits per heavy atom. The first-order valence-electron chi connectivity index (χ1n) is 8.94. The number of rotatable bonds is 7. The van der Waals surface area contributed by atoms with Crippen molar-refractivity contribution in [1.29, 1.82) is 0 Å². The van der Waals surface area contributed by atoms with Gasteiger partial charge in [0.05, 0.1) is 12.5 Å². The van der Waals surface area contributed by atoms with Gasteiger partial charge >= 0.3 is 6.09 Å². The largest absolute Gasteiger partial charge is 0.449 e. The van der Waals surface area contributed by atoms with E-state index < -0.39 is 6.09 Å². The van der Waals surface area contributed by atoms with Gasteiger partial charge in [0, 0.05) is 12.2 Å². The van der Waals surface area contributed by atoms with Crippen molar-refractivity contribution in [3.8, 4) is 0 Å². The lowest BCUT2D eigenvalue weighted by Crippen LogP contribution is -2.28. The van der Waals surface area contributed by atoms with Crippen molar-refractivity contribution in [2.45, 2.75) is 34.1 Å². The number of amides is 2. The maximum Gasteiger partial charge on any atom is 0.411 e. The van der Waals surface area contributed by atoms with Crippen molar-refractivity contribution in [3.05, 3.63) is 39.9 Å². The minimum absolute atomic E-state index is 0.0318. The van der Waals surface area contributed by atoms with Crippen molar-refractivity contribution in [2.24, 2.45) is 17.3 Å². The van der Waals surface area contributed by atoms with E-state index in [9.17, 15) is 9.59 Å². The van der Waals surface area contributed by atoms with Gasteiger partial charge in [0.25, 0.3) is 0 Å². The normalized spacial score (nSPS) is 19.8. The molecule has 1 aromatic rings. The van der Waals surface area contributed by atoms with Gasteiger partial charge in [-0.2, -0.15) is 0 Å². The Kier molecular flexibility index (Phi) is 7.18. The number of hydrogen-bond acceptors (Lipinski definition) is 3. The molecular weight excluding hydrogens is 387 g/mol. The molecule has 2 rings (SSSR count). The summed E-state index contributed by atoms with van der Waals surface area (Å²) in [6, 6.07) is 5.82. The van der Waals surface area contributed by atoms with Gasteiger partial charge in [0.2, 0.25) is 5.91 Å². The Hall–Kier alpha value is -1.72. The van der Waals surface area contributed by atoms with Gasteiger partial charge in [-0.25, -0.2) is 4.79 Å². The Morgan fingerprint density at radius 1 is 1.26 bits per heavy atom. The van der Waals surface area contributed by atoms with E-state index >= 15 is 0 Å². The molecule has 0 saturated heterocycles. The third-order valence-corrected chi connectivity index (χ3v) is 5.23. The first kappa shape index (κ1) is 21.6. The molecule has 1 fully saturated rings. The van der Waals surface area contributed by atoms with Crippen molar-refractivity contribution in [3.63, 3.8) is 0 Å². The molecule has 0 heterocycles. The summed E-state index contributed by atoms with van der Waals surface area (Å²) in [4.78, 5) is 24.1. The third kappa shape index (κ3) is 5.88. The number of carbonyl (C=O) groups excluding carboxylic acids is 2. The summed E-state index contributed by atoms with van der Waals surface area (Å²) in [6.45, 7) is 8.56. The van der Waals surface area contributed by atoms with Gasteiger partial charge < -0.3 is 10.1 Å². The summed E-state index contributed by atoms with van der Waals surface area (Å²) in [7, 11) is 0. The summed E-state index contributed by atoms with van der Waals surface area (Å²) in [5.41, 5.74) is 2.62. The number of anilines is 1. The zero-order chi connectivity index (χ0) is 20.2. The van der Waals surface area contributed by atoms with Crippen LogP contribution in [0.4, 0.5) is 10.5 Å². The zero-order valence-electron chi connectivity index (χ0n) is 16.1. The molecule has 0 radical (unpaired) electrons. The van der Waals surface area contributed by atoms with Gasteiger partial charge in [-0.1, -0.05) is 49.2 Å². The van der Waals surface area contributed by atoms with Crippen LogP contribution in [0.5, 0.6) is 0 Å². The van der Waals surface area contributed by atoms with Crippen LogP contribution in [0, 0.1) is 31.1 Å². The Morgan fingerprint density at radius 2 is 1.96 bits per heavy atom. The molecular formula is C20H26Cl2N2O3. The van der Waals surface area contributed by atoms with Crippen LogP contribution in [-0.2, 0) is 9.53 Å². The molecule has 2 atom stereocenters. The van der Waals surface area contributed by atoms with Gasteiger partial charge in [-0.3, -0.25) is 10.1 Å². The fourth-order valence-corrected chi connectivity index (χ4v) is 3.47. The second-order valence-electron chi connectivity index (χ2n) is 7.51. The van der Waals surface area contributed by atoms with E-state index in [-0.39, 0.29) is 34.3 Å². The van der Waals surface area contributed by atoms with Crippen LogP contribution in [0.3, 0.4) is 0 Å². The monoisotopic (exact) mass is 412 g/mol. The number of benzene rings is 1. The predicted octanol–water partition coefficient (Wildman–Crippen LogP) is 4.95. The number of allylic oxidation sites excluding steroid dienone is 1. The van der Waals surface area contributed by atoms with Crippen LogP contribution in [0.1, 0.15) is 31.4 Å². The van der Waals surface area contributed by atoms with E-state index in [1.807, 2.05) is 45.9 Å². The quantitative estimate of drug-likeness (QED) is 0.622. The highest BCUT2D eigenvalue weighted by Crippen LogP contribution is 2.59. The van der Waals surface area contributed by atoms with E-state index in [1.54, 1.807) is 6.08 Å². The van der Waals surface area contributed by atoms with Gasteiger partial charge in [0.1, 0.15) is 4.49 Å². The van der Waals surface area contributed by atoms with Crippen molar-refractivity contribution in [1.82, 2.24) is 5.32 Å². The second-order valence-corrected chi connectivity index (χ2v) is 8.51. The fourth-order valence-electron chi connectivity index (χ4n) is 3.20. The maximum atomic E-state index is 12.3. The molecule has 1 aromatic carbocycles. The van der Waals surface area contributed by atoms with E-state index in [0.29, 0.717) is 13.0 Å². The van der Waals surface area contributed by atoms with Gasteiger partial charge in [-0.15, -0.1) is 0 Å². The molecule has 1 aliphatic carbocycles. The van der Waals surface area contributed by atoms with Crippen molar-refractivity contribution < 1.29 is 14.3 Å². The fraction of sp³-hybridized carbons (Fsp3) is 0.500. The standard InChI is InChI=1S/C20H26Cl2N2O3/c1-12-6-7-13(2)15(10-12)24-19(26)27-9-5-8-23-18(25)17-14(11-16(21)22)20(17,3)4/h6-7,10-11,14,17H,5,8-9H2,1-4H3,(H,23,25)(H,24,26)/t14-,17-/m0/s1. The lowest BCUT2D eigenvalue weighted by molar-refractivity contribution is -0.123. The summed E-state index contributed by atoms with van der Waals surface area (Å²) in [5, 5.41) is 5.61. The van der Waals surface area contributed by atoms with Crippen LogP contribution in [0.2, 0.25) is 0 Å². The lowest BCUT2D eigenvalue weighted by atomic mass is 10.1. The Labute approximate surface area is 170 Å².